The SMILES string of the molecule is N#Cc1ccc(N)c(Oc2ccc(C(F)(F)F)cc2)c1. The lowest BCUT2D eigenvalue weighted by molar-refractivity contribution is -0.137. The Bertz CT molecular complexity index is 658. The van der Waals surface area contributed by atoms with Crippen molar-refractivity contribution in [1.29, 1.82) is 5.26 Å². The molecule has 0 aliphatic heterocycles. The molecule has 2 N–H and O–H groups in total. The first-order chi connectivity index (χ1) is 9.40. The van der Waals surface area contributed by atoms with Gasteiger partial charge in [0, 0.05) is 6.07 Å². The number of nitrogen functional groups attached to an aromatic ring is 1. The predicted molar refractivity (Wildman–Crippen MR) is 67.1 cm³/mol. The van der Waals surface area contributed by atoms with Crippen LogP contribution in [0.4, 0.5) is 18.9 Å². The van der Waals surface area contributed by atoms with Gasteiger partial charge in [-0.05, 0) is 36.4 Å². The van der Waals surface area contributed by atoms with Crippen molar-refractivity contribution in [3.8, 4) is 17.6 Å². The predicted octanol–water partition coefficient (Wildman–Crippen LogP) is 3.95. The maximum atomic E-state index is 12.4. The number of ether oxygens (including phenoxy) is 1. The van der Waals surface area contributed by atoms with E-state index in [9.17, 15) is 13.2 Å². The Morgan fingerprint density at radius 3 is 2.25 bits per heavy atom. The van der Waals surface area contributed by atoms with Crippen LogP contribution in [0.1, 0.15) is 11.1 Å². The molecular weight excluding hydrogens is 269 g/mol. The van der Waals surface area contributed by atoms with Crippen LogP contribution in [0.25, 0.3) is 0 Å². The van der Waals surface area contributed by atoms with Gasteiger partial charge >= 0.3 is 6.18 Å². The Morgan fingerprint density at radius 2 is 1.70 bits per heavy atom. The average molecular weight is 278 g/mol. The van der Waals surface area contributed by atoms with Gasteiger partial charge in [-0.2, -0.15) is 18.4 Å². The van der Waals surface area contributed by atoms with Gasteiger partial charge in [-0.3, -0.25) is 0 Å². The summed E-state index contributed by atoms with van der Waals surface area (Å²) in [7, 11) is 0. The van der Waals surface area contributed by atoms with Crippen LogP contribution in [0.2, 0.25) is 0 Å². The summed E-state index contributed by atoms with van der Waals surface area (Å²) in [6, 6.07) is 10.6. The number of hydrogen-bond acceptors (Lipinski definition) is 3. The van der Waals surface area contributed by atoms with Gasteiger partial charge in [0.2, 0.25) is 0 Å². The van der Waals surface area contributed by atoms with Crippen LogP contribution in [0.3, 0.4) is 0 Å². The van der Waals surface area contributed by atoms with E-state index < -0.39 is 11.7 Å². The lowest BCUT2D eigenvalue weighted by Crippen LogP contribution is -2.04. The zero-order chi connectivity index (χ0) is 14.8. The van der Waals surface area contributed by atoms with Crippen LogP contribution in [0.15, 0.2) is 42.5 Å². The number of nitrogens with zero attached hydrogens (tertiary/aromatic N) is 1. The first-order valence-electron chi connectivity index (χ1n) is 5.55. The maximum Gasteiger partial charge on any atom is 0.416 e. The molecule has 3 nitrogen and oxygen atoms in total. The molecule has 20 heavy (non-hydrogen) atoms. The molecule has 0 bridgehead atoms. The number of hydrogen-bond donors (Lipinski definition) is 1. The van der Waals surface area contributed by atoms with Gasteiger partial charge in [0.1, 0.15) is 5.75 Å². The Hall–Kier alpha value is -2.68. The first-order valence-corrected chi connectivity index (χ1v) is 5.55. The van der Waals surface area contributed by atoms with Crippen molar-refractivity contribution in [2.24, 2.45) is 0 Å². The van der Waals surface area contributed by atoms with E-state index in [1.54, 1.807) is 0 Å². The molecule has 0 fully saturated rings. The molecule has 2 aromatic rings. The summed E-state index contributed by atoms with van der Waals surface area (Å²) in [4.78, 5) is 0. The smallest absolute Gasteiger partial charge is 0.416 e. The number of alkyl halides is 3. The number of benzene rings is 2. The van der Waals surface area contributed by atoms with Crippen LogP contribution >= 0.6 is 0 Å². The van der Waals surface area contributed by atoms with E-state index in [1.807, 2.05) is 6.07 Å². The summed E-state index contributed by atoms with van der Waals surface area (Å²) in [5.41, 5.74) is 5.56. The second-order valence-electron chi connectivity index (χ2n) is 3.99. The van der Waals surface area contributed by atoms with Gasteiger partial charge in [-0.15, -0.1) is 0 Å². The lowest BCUT2D eigenvalue weighted by atomic mass is 10.2. The first kappa shape index (κ1) is 13.7. The molecule has 0 spiro atoms. The highest BCUT2D eigenvalue weighted by atomic mass is 19.4. The Morgan fingerprint density at radius 1 is 1.05 bits per heavy atom. The minimum atomic E-state index is -4.39. The highest BCUT2D eigenvalue weighted by Crippen LogP contribution is 2.32. The highest BCUT2D eigenvalue weighted by molar-refractivity contribution is 5.57. The van der Waals surface area contributed by atoms with Crippen LogP contribution in [0.5, 0.6) is 11.5 Å². The van der Waals surface area contributed by atoms with E-state index >= 15 is 0 Å². The molecule has 0 atom stereocenters. The van der Waals surface area contributed by atoms with Crippen LogP contribution in [0, 0.1) is 11.3 Å². The standard InChI is InChI=1S/C14H9F3N2O/c15-14(16,17)10-2-4-11(5-3-10)20-13-7-9(8-18)1-6-12(13)19/h1-7H,19H2. The number of halogens is 3. The minimum absolute atomic E-state index is 0.208. The number of nitrogens with two attached hydrogens (primary N) is 1. The molecule has 0 heterocycles. The molecular formula is C14H9F3N2O. The second-order valence-corrected chi connectivity index (χ2v) is 3.99. The molecule has 0 aliphatic rings. The highest BCUT2D eigenvalue weighted by Gasteiger charge is 2.30. The molecule has 6 heteroatoms. The van der Waals surface area contributed by atoms with Gasteiger partial charge in [-0.1, -0.05) is 0 Å². The van der Waals surface area contributed by atoms with Gasteiger partial charge in [-0.25, -0.2) is 0 Å². The molecule has 0 unspecified atom stereocenters. The Kier molecular flexibility index (Phi) is 3.53. The van der Waals surface area contributed by atoms with Crippen molar-refractivity contribution >= 4 is 5.69 Å². The zero-order valence-electron chi connectivity index (χ0n) is 10.1. The normalized spacial score (nSPS) is 10.9. The van der Waals surface area contributed by atoms with Gasteiger partial charge in [0.05, 0.1) is 22.9 Å². The second kappa shape index (κ2) is 5.13. The fourth-order valence-corrected chi connectivity index (χ4v) is 1.53. The molecule has 2 aromatic carbocycles. The summed E-state index contributed by atoms with van der Waals surface area (Å²) in [6.07, 6.45) is -4.39. The number of anilines is 1. The van der Waals surface area contributed by atoms with Crippen molar-refractivity contribution in [3.05, 3.63) is 53.6 Å². The summed E-state index contributed by atoms with van der Waals surface area (Å²) < 4.78 is 42.6. The third-order valence-electron chi connectivity index (χ3n) is 2.55. The minimum Gasteiger partial charge on any atom is -0.455 e. The summed E-state index contributed by atoms with van der Waals surface area (Å²) in [5.74, 6) is 0.434. The Labute approximate surface area is 113 Å². The summed E-state index contributed by atoms with van der Waals surface area (Å²) >= 11 is 0. The van der Waals surface area contributed by atoms with Crippen LogP contribution in [-0.4, -0.2) is 0 Å². The van der Waals surface area contributed by atoms with Crippen LogP contribution < -0.4 is 10.5 Å². The van der Waals surface area contributed by atoms with Gasteiger partial charge in [0.15, 0.2) is 5.75 Å². The zero-order valence-corrected chi connectivity index (χ0v) is 10.1. The van der Waals surface area contributed by atoms with Crippen molar-refractivity contribution in [1.82, 2.24) is 0 Å². The van der Waals surface area contributed by atoms with E-state index in [2.05, 4.69) is 0 Å². The van der Waals surface area contributed by atoms with Crippen molar-refractivity contribution in [2.75, 3.05) is 5.73 Å². The fraction of sp³-hybridized carbons (Fsp3) is 0.0714. The molecule has 0 aromatic heterocycles. The van der Waals surface area contributed by atoms with Crippen molar-refractivity contribution in [3.63, 3.8) is 0 Å². The van der Waals surface area contributed by atoms with Crippen molar-refractivity contribution in [2.45, 2.75) is 6.18 Å². The van der Waals surface area contributed by atoms with E-state index in [-0.39, 0.29) is 11.5 Å². The number of nitriles is 1. The third kappa shape index (κ3) is 3.01. The van der Waals surface area contributed by atoms with E-state index in [0.29, 0.717) is 11.3 Å². The number of rotatable bonds is 2. The molecule has 102 valence electrons. The van der Waals surface area contributed by atoms with Crippen molar-refractivity contribution < 1.29 is 17.9 Å². The van der Waals surface area contributed by atoms with Crippen LogP contribution in [-0.2, 0) is 6.18 Å². The monoisotopic (exact) mass is 278 g/mol. The maximum absolute atomic E-state index is 12.4. The lowest BCUT2D eigenvalue weighted by Gasteiger charge is -2.10. The quantitative estimate of drug-likeness (QED) is 0.846. The molecule has 0 amide bonds. The van der Waals surface area contributed by atoms with E-state index in [0.717, 1.165) is 12.1 Å². The topological polar surface area (TPSA) is 59.0 Å². The molecule has 0 saturated carbocycles. The summed E-state index contributed by atoms with van der Waals surface area (Å²) in [6.45, 7) is 0. The van der Waals surface area contributed by atoms with E-state index in [1.165, 1.54) is 30.3 Å². The average Bonchev–Trinajstić information content (AvgIpc) is 2.41. The van der Waals surface area contributed by atoms with Gasteiger partial charge in [0.25, 0.3) is 0 Å². The largest absolute Gasteiger partial charge is 0.455 e. The van der Waals surface area contributed by atoms with Gasteiger partial charge < -0.3 is 10.5 Å². The van der Waals surface area contributed by atoms with E-state index in [4.69, 9.17) is 15.7 Å². The molecule has 0 radical (unpaired) electrons. The molecule has 2 rings (SSSR count). The molecule has 0 saturated heterocycles. The molecule has 0 aliphatic carbocycles. The summed E-state index contributed by atoms with van der Waals surface area (Å²) in [5, 5.41) is 8.77. The fourth-order valence-electron chi connectivity index (χ4n) is 1.53. The third-order valence-corrected chi connectivity index (χ3v) is 2.55. The Balaban J connectivity index is 2.25.